The SMILES string of the molecule is CC(O)CN(C(=O)c1ccn(-c2ccccc2F)n1)C(C)C. The summed E-state index contributed by atoms with van der Waals surface area (Å²) in [7, 11) is 0. The first-order valence-electron chi connectivity index (χ1n) is 7.19. The van der Waals surface area contributed by atoms with Crippen LogP contribution >= 0.6 is 0 Å². The van der Waals surface area contributed by atoms with Gasteiger partial charge in [0.05, 0.1) is 6.10 Å². The lowest BCUT2D eigenvalue weighted by Gasteiger charge is -2.27. The average molecular weight is 305 g/mol. The fraction of sp³-hybridized carbons (Fsp3) is 0.375. The molecule has 1 atom stereocenters. The molecular formula is C16H20FN3O2. The molecule has 2 rings (SSSR count). The molecule has 0 aliphatic carbocycles. The number of hydrogen-bond donors (Lipinski definition) is 1. The van der Waals surface area contributed by atoms with Gasteiger partial charge in [-0.25, -0.2) is 9.07 Å². The van der Waals surface area contributed by atoms with Gasteiger partial charge in [0.1, 0.15) is 11.5 Å². The van der Waals surface area contributed by atoms with Crippen molar-refractivity contribution in [2.75, 3.05) is 6.54 Å². The molecular weight excluding hydrogens is 285 g/mol. The summed E-state index contributed by atoms with van der Waals surface area (Å²) >= 11 is 0. The lowest BCUT2D eigenvalue weighted by Crippen LogP contribution is -2.41. The highest BCUT2D eigenvalue weighted by atomic mass is 19.1. The average Bonchev–Trinajstić information content (AvgIpc) is 2.93. The smallest absolute Gasteiger partial charge is 0.274 e. The first-order valence-corrected chi connectivity index (χ1v) is 7.19. The zero-order valence-electron chi connectivity index (χ0n) is 12.9. The summed E-state index contributed by atoms with van der Waals surface area (Å²) in [4.78, 5) is 14.0. The normalized spacial score (nSPS) is 12.5. The number of aliphatic hydroxyl groups excluding tert-OH is 1. The molecule has 1 heterocycles. The van der Waals surface area contributed by atoms with E-state index in [0.717, 1.165) is 0 Å². The Morgan fingerprint density at radius 1 is 1.32 bits per heavy atom. The second-order valence-electron chi connectivity index (χ2n) is 5.50. The molecule has 1 N–H and O–H groups in total. The molecule has 0 aliphatic heterocycles. The first kappa shape index (κ1) is 16.2. The minimum atomic E-state index is -0.625. The van der Waals surface area contributed by atoms with Crippen LogP contribution in [-0.4, -0.2) is 44.4 Å². The Hall–Kier alpha value is -2.21. The molecule has 0 radical (unpaired) electrons. The second kappa shape index (κ2) is 6.70. The van der Waals surface area contributed by atoms with Gasteiger partial charge in [-0.3, -0.25) is 4.79 Å². The number of hydrogen-bond acceptors (Lipinski definition) is 3. The summed E-state index contributed by atoms with van der Waals surface area (Å²) in [6.45, 7) is 5.59. The number of carbonyl (C=O) groups excluding carboxylic acids is 1. The molecule has 2 aromatic rings. The number of aromatic nitrogens is 2. The number of aliphatic hydroxyl groups is 1. The molecule has 0 spiro atoms. The topological polar surface area (TPSA) is 58.4 Å². The largest absolute Gasteiger partial charge is 0.392 e. The van der Waals surface area contributed by atoms with Crippen LogP contribution in [-0.2, 0) is 0 Å². The molecule has 0 aliphatic rings. The molecule has 5 nitrogen and oxygen atoms in total. The molecule has 1 aromatic heterocycles. The van der Waals surface area contributed by atoms with Crippen LogP contribution in [0.15, 0.2) is 36.5 Å². The van der Waals surface area contributed by atoms with Crippen molar-refractivity contribution >= 4 is 5.91 Å². The predicted molar refractivity (Wildman–Crippen MR) is 81.4 cm³/mol. The quantitative estimate of drug-likeness (QED) is 0.921. The molecule has 22 heavy (non-hydrogen) atoms. The summed E-state index contributed by atoms with van der Waals surface area (Å²) in [6.07, 6.45) is 0.923. The van der Waals surface area contributed by atoms with Crippen molar-refractivity contribution < 1.29 is 14.3 Å². The van der Waals surface area contributed by atoms with E-state index in [1.807, 2.05) is 13.8 Å². The van der Waals surface area contributed by atoms with Crippen molar-refractivity contribution in [3.8, 4) is 5.69 Å². The monoisotopic (exact) mass is 305 g/mol. The van der Waals surface area contributed by atoms with E-state index >= 15 is 0 Å². The van der Waals surface area contributed by atoms with Crippen molar-refractivity contribution in [3.05, 3.63) is 48.0 Å². The van der Waals surface area contributed by atoms with Crippen LogP contribution in [0.2, 0.25) is 0 Å². The minimum Gasteiger partial charge on any atom is -0.392 e. The first-order chi connectivity index (χ1) is 10.4. The van der Waals surface area contributed by atoms with Crippen LogP contribution in [0.3, 0.4) is 0 Å². The van der Waals surface area contributed by atoms with E-state index in [2.05, 4.69) is 5.10 Å². The molecule has 1 aromatic carbocycles. The van der Waals surface area contributed by atoms with Gasteiger partial charge in [0, 0.05) is 18.8 Å². The minimum absolute atomic E-state index is 0.0688. The van der Waals surface area contributed by atoms with Crippen molar-refractivity contribution in [3.63, 3.8) is 0 Å². The zero-order chi connectivity index (χ0) is 16.3. The van der Waals surface area contributed by atoms with Gasteiger partial charge in [0.25, 0.3) is 5.91 Å². The van der Waals surface area contributed by atoms with Gasteiger partial charge >= 0.3 is 0 Å². The lowest BCUT2D eigenvalue weighted by molar-refractivity contribution is 0.0572. The number of para-hydroxylation sites is 1. The van der Waals surface area contributed by atoms with E-state index in [-0.39, 0.29) is 29.9 Å². The summed E-state index contributed by atoms with van der Waals surface area (Å²) in [5.41, 5.74) is 0.505. The number of nitrogens with zero attached hydrogens (tertiary/aromatic N) is 3. The summed E-state index contributed by atoms with van der Waals surface area (Å²) in [5.74, 6) is -0.694. The van der Waals surface area contributed by atoms with Gasteiger partial charge in [0.2, 0.25) is 0 Å². The number of carbonyl (C=O) groups is 1. The molecule has 0 bridgehead atoms. The standard InChI is InChI=1S/C16H20FN3O2/c1-11(2)19(10-12(3)21)16(22)14-8-9-20(18-14)15-7-5-4-6-13(15)17/h4-9,11-12,21H,10H2,1-3H3. The number of amides is 1. The van der Waals surface area contributed by atoms with Crippen molar-refractivity contribution in [2.24, 2.45) is 0 Å². The molecule has 1 unspecified atom stereocenters. The predicted octanol–water partition coefficient (Wildman–Crippen LogP) is 2.24. The van der Waals surface area contributed by atoms with Gasteiger partial charge < -0.3 is 10.0 Å². The Labute approximate surface area is 129 Å². The second-order valence-corrected chi connectivity index (χ2v) is 5.50. The third-order valence-electron chi connectivity index (χ3n) is 3.25. The molecule has 0 fully saturated rings. The Bertz CT molecular complexity index is 652. The lowest BCUT2D eigenvalue weighted by atomic mass is 10.2. The maximum Gasteiger partial charge on any atom is 0.274 e. The van der Waals surface area contributed by atoms with Crippen LogP contribution < -0.4 is 0 Å². The highest BCUT2D eigenvalue weighted by Gasteiger charge is 2.22. The molecule has 0 saturated carbocycles. The van der Waals surface area contributed by atoms with Gasteiger partial charge in [-0.15, -0.1) is 0 Å². The van der Waals surface area contributed by atoms with Gasteiger partial charge in [-0.2, -0.15) is 5.10 Å². The number of halogens is 1. The van der Waals surface area contributed by atoms with Crippen LogP contribution in [0.25, 0.3) is 5.69 Å². The number of benzene rings is 1. The maximum atomic E-state index is 13.8. The fourth-order valence-corrected chi connectivity index (χ4v) is 2.17. The fourth-order valence-electron chi connectivity index (χ4n) is 2.17. The maximum absolute atomic E-state index is 13.8. The molecule has 0 saturated heterocycles. The van der Waals surface area contributed by atoms with E-state index in [1.54, 1.807) is 42.3 Å². The van der Waals surface area contributed by atoms with Crippen molar-refractivity contribution in [1.82, 2.24) is 14.7 Å². The molecule has 6 heteroatoms. The van der Waals surface area contributed by atoms with E-state index < -0.39 is 11.9 Å². The number of rotatable bonds is 5. The van der Waals surface area contributed by atoms with Gasteiger partial charge in [0.15, 0.2) is 5.69 Å². The van der Waals surface area contributed by atoms with Gasteiger partial charge in [-0.05, 0) is 39.0 Å². The Kier molecular flexibility index (Phi) is 4.92. The van der Waals surface area contributed by atoms with Crippen molar-refractivity contribution in [1.29, 1.82) is 0 Å². The van der Waals surface area contributed by atoms with E-state index in [4.69, 9.17) is 0 Å². The van der Waals surface area contributed by atoms with Gasteiger partial charge in [-0.1, -0.05) is 12.1 Å². The third-order valence-corrected chi connectivity index (χ3v) is 3.25. The third kappa shape index (κ3) is 3.51. The Morgan fingerprint density at radius 2 is 2.00 bits per heavy atom. The van der Waals surface area contributed by atoms with Crippen LogP contribution in [0.1, 0.15) is 31.3 Å². The summed E-state index contributed by atoms with van der Waals surface area (Å²) < 4.78 is 15.1. The van der Waals surface area contributed by atoms with E-state index in [9.17, 15) is 14.3 Å². The zero-order valence-corrected chi connectivity index (χ0v) is 12.9. The summed E-state index contributed by atoms with van der Waals surface area (Å²) in [5, 5.41) is 13.7. The van der Waals surface area contributed by atoms with Crippen LogP contribution in [0, 0.1) is 5.82 Å². The van der Waals surface area contributed by atoms with Crippen LogP contribution in [0.5, 0.6) is 0 Å². The Balaban J connectivity index is 2.27. The van der Waals surface area contributed by atoms with Crippen molar-refractivity contribution in [2.45, 2.75) is 32.9 Å². The summed E-state index contributed by atoms with van der Waals surface area (Å²) in [6, 6.07) is 7.71. The molecule has 118 valence electrons. The highest BCUT2D eigenvalue weighted by Crippen LogP contribution is 2.14. The molecule has 1 amide bonds. The highest BCUT2D eigenvalue weighted by molar-refractivity contribution is 5.92. The van der Waals surface area contributed by atoms with Crippen LogP contribution in [0.4, 0.5) is 4.39 Å². The van der Waals surface area contributed by atoms with E-state index in [1.165, 1.54) is 10.7 Å². The van der Waals surface area contributed by atoms with E-state index in [0.29, 0.717) is 0 Å². The Morgan fingerprint density at radius 3 is 2.59 bits per heavy atom.